The Labute approximate surface area is 104 Å². The number of hydrogen-bond acceptors (Lipinski definition) is 2. The molecule has 0 saturated carbocycles. The molecule has 0 radical (unpaired) electrons. The molecule has 1 aromatic rings. The van der Waals surface area contributed by atoms with Crippen molar-refractivity contribution in [3.63, 3.8) is 0 Å². The standard InChI is InChI=1S/C15H23NO/c1-5-11-7-6-8-12(9-11)13(17)10-14(16)15(2,3)4/h6-9,14H,5,10,16H2,1-4H3. The molecule has 0 aliphatic heterocycles. The van der Waals surface area contributed by atoms with Crippen LogP contribution in [0.15, 0.2) is 24.3 Å². The molecule has 1 atom stereocenters. The van der Waals surface area contributed by atoms with Crippen molar-refractivity contribution in [3.05, 3.63) is 35.4 Å². The van der Waals surface area contributed by atoms with Gasteiger partial charge in [0, 0.05) is 18.0 Å². The van der Waals surface area contributed by atoms with E-state index in [9.17, 15) is 4.79 Å². The average Bonchev–Trinajstić information content (AvgIpc) is 2.27. The van der Waals surface area contributed by atoms with E-state index in [1.165, 1.54) is 5.56 Å². The average molecular weight is 233 g/mol. The summed E-state index contributed by atoms with van der Waals surface area (Å²) in [7, 11) is 0. The third kappa shape index (κ3) is 3.97. The Morgan fingerprint density at radius 2 is 2.00 bits per heavy atom. The van der Waals surface area contributed by atoms with Crippen LogP contribution in [0.25, 0.3) is 0 Å². The molecule has 0 bridgehead atoms. The second-order valence-corrected chi connectivity index (χ2v) is 5.65. The van der Waals surface area contributed by atoms with Gasteiger partial charge in [-0.3, -0.25) is 4.79 Å². The second kappa shape index (κ2) is 5.46. The fraction of sp³-hybridized carbons (Fsp3) is 0.533. The van der Waals surface area contributed by atoms with E-state index in [1.807, 2.05) is 24.3 Å². The van der Waals surface area contributed by atoms with E-state index in [4.69, 9.17) is 5.73 Å². The largest absolute Gasteiger partial charge is 0.327 e. The number of Topliss-reactive ketones (excluding diaryl/α,β-unsaturated/α-hetero) is 1. The molecule has 0 amide bonds. The van der Waals surface area contributed by atoms with E-state index >= 15 is 0 Å². The Kier molecular flexibility index (Phi) is 4.47. The van der Waals surface area contributed by atoms with Crippen molar-refractivity contribution in [3.8, 4) is 0 Å². The van der Waals surface area contributed by atoms with Crippen molar-refractivity contribution >= 4 is 5.78 Å². The van der Waals surface area contributed by atoms with Gasteiger partial charge >= 0.3 is 0 Å². The highest BCUT2D eigenvalue weighted by molar-refractivity contribution is 5.96. The zero-order valence-electron chi connectivity index (χ0n) is 11.3. The number of carbonyl (C=O) groups excluding carboxylic acids is 1. The summed E-state index contributed by atoms with van der Waals surface area (Å²) in [6, 6.07) is 7.73. The van der Waals surface area contributed by atoms with Crippen LogP contribution in [0.2, 0.25) is 0 Å². The minimum atomic E-state index is -0.0970. The van der Waals surface area contributed by atoms with Crippen LogP contribution in [0, 0.1) is 5.41 Å². The molecule has 0 aliphatic carbocycles. The van der Waals surface area contributed by atoms with Crippen LogP contribution >= 0.6 is 0 Å². The topological polar surface area (TPSA) is 43.1 Å². The van der Waals surface area contributed by atoms with Crippen molar-refractivity contribution in [2.75, 3.05) is 0 Å². The zero-order valence-corrected chi connectivity index (χ0v) is 11.3. The van der Waals surface area contributed by atoms with Gasteiger partial charge in [-0.15, -0.1) is 0 Å². The molecule has 0 aliphatic rings. The molecule has 0 fully saturated rings. The van der Waals surface area contributed by atoms with Crippen molar-refractivity contribution < 1.29 is 4.79 Å². The first kappa shape index (κ1) is 13.9. The summed E-state index contributed by atoms with van der Waals surface area (Å²) in [5, 5.41) is 0. The lowest BCUT2D eigenvalue weighted by Crippen LogP contribution is -2.36. The number of ketones is 1. The predicted octanol–water partition coefficient (Wildman–Crippen LogP) is 3.20. The van der Waals surface area contributed by atoms with E-state index < -0.39 is 0 Å². The number of benzene rings is 1. The Morgan fingerprint density at radius 1 is 1.35 bits per heavy atom. The molecule has 0 aromatic heterocycles. The number of hydrogen-bond donors (Lipinski definition) is 1. The molecule has 94 valence electrons. The summed E-state index contributed by atoms with van der Waals surface area (Å²) in [5.41, 5.74) is 7.99. The van der Waals surface area contributed by atoms with Gasteiger partial charge in [0.1, 0.15) is 0 Å². The van der Waals surface area contributed by atoms with Crippen molar-refractivity contribution in [1.29, 1.82) is 0 Å². The van der Waals surface area contributed by atoms with Gasteiger partial charge in [0.05, 0.1) is 0 Å². The lowest BCUT2D eigenvalue weighted by Gasteiger charge is -2.26. The molecule has 1 aromatic carbocycles. The fourth-order valence-corrected chi connectivity index (χ4v) is 1.59. The molecule has 2 N–H and O–H groups in total. The molecular weight excluding hydrogens is 210 g/mol. The summed E-state index contributed by atoms with van der Waals surface area (Å²) in [4.78, 5) is 12.1. The summed E-state index contributed by atoms with van der Waals surface area (Å²) < 4.78 is 0. The van der Waals surface area contributed by atoms with E-state index in [-0.39, 0.29) is 17.2 Å². The predicted molar refractivity (Wildman–Crippen MR) is 72.2 cm³/mol. The maximum Gasteiger partial charge on any atom is 0.164 e. The highest BCUT2D eigenvalue weighted by atomic mass is 16.1. The highest BCUT2D eigenvalue weighted by Crippen LogP contribution is 2.21. The molecule has 2 heteroatoms. The molecule has 0 heterocycles. The van der Waals surface area contributed by atoms with Crippen LogP contribution in [0.3, 0.4) is 0 Å². The lowest BCUT2D eigenvalue weighted by molar-refractivity contribution is 0.0953. The maximum absolute atomic E-state index is 12.1. The second-order valence-electron chi connectivity index (χ2n) is 5.65. The monoisotopic (exact) mass is 233 g/mol. The lowest BCUT2D eigenvalue weighted by atomic mass is 9.83. The van der Waals surface area contributed by atoms with Crippen LogP contribution in [0.4, 0.5) is 0 Å². The van der Waals surface area contributed by atoms with Crippen molar-refractivity contribution in [2.24, 2.45) is 11.1 Å². The molecule has 2 nitrogen and oxygen atoms in total. The Bertz CT molecular complexity index is 390. The van der Waals surface area contributed by atoms with Gasteiger partial charge in [-0.25, -0.2) is 0 Å². The fourth-order valence-electron chi connectivity index (χ4n) is 1.59. The first-order valence-electron chi connectivity index (χ1n) is 6.22. The summed E-state index contributed by atoms with van der Waals surface area (Å²) in [5.74, 6) is 0.141. The van der Waals surface area contributed by atoms with E-state index in [0.29, 0.717) is 6.42 Å². The summed E-state index contributed by atoms with van der Waals surface area (Å²) in [6.45, 7) is 8.28. The third-order valence-electron chi connectivity index (χ3n) is 3.17. The van der Waals surface area contributed by atoms with E-state index in [0.717, 1.165) is 12.0 Å². The first-order valence-corrected chi connectivity index (χ1v) is 6.22. The quantitative estimate of drug-likeness (QED) is 0.812. The zero-order chi connectivity index (χ0) is 13.1. The molecule has 0 spiro atoms. The molecule has 1 rings (SSSR count). The molecule has 0 saturated heterocycles. The van der Waals surface area contributed by atoms with Gasteiger partial charge in [0.25, 0.3) is 0 Å². The first-order chi connectivity index (χ1) is 7.84. The van der Waals surface area contributed by atoms with Crippen molar-refractivity contribution in [1.82, 2.24) is 0 Å². The summed E-state index contributed by atoms with van der Waals surface area (Å²) >= 11 is 0. The van der Waals surface area contributed by atoms with Gasteiger partial charge in [0.2, 0.25) is 0 Å². The van der Waals surface area contributed by atoms with Crippen LogP contribution in [0.1, 0.15) is 50.0 Å². The maximum atomic E-state index is 12.1. The smallest absolute Gasteiger partial charge is 0.164 e. The third-order valence-corrected chi connectivity index (χ3v) is 3.17. The highest BCUT2D eigenvalue weighted by Gasteiger charge is 2.23. The van der Waals surface area contributed by atoms with Crippen LogP contribution in [-0.2, 0) is 6.42 Å². The van der Waals surface area contributed by atoms with Crippen LogP contribution in [0.5, 0.6) is 0 Å². The number of carbonyl (C=O) groups is 1. The van der Waals surface area contributed by atoms with Crippen LogP contribution < -0.4 is 5.73 Å². The molecule has 17 heavy (non-hydrogen) atoms. The van der Waals surface area contributed by atoms with Gasteiger partial charge in [-0.05, 0) is 23.5 Å². The van der Waals surface area contributed by atoms with Gasteiger partial charge in [0.15, 0.2) is 5.78 Å². The SMILES string of the molecule is CCc1cccc(C(=O)CC(N)C(C)(C)C)c1. The minimum Gasteiger partial charge on any atom is -0.327 e. The number of aryl methyl sites for hydroxylation is 1. The molecule has 1 unspecified atom stereocenters. The van der Waals surface area contributed by atoms with E-state index in [2.05, 4.69) is 27.7 Å². The van der Waals surface area contributed by atoms with Gasteiger partial charge in [-0.1, -0.05) is 45.9 Å². The minimum absolute atomic E-state index is 0.0297. The van der Waals surface area contributed by atoms with Crippen LogP contribution in [-0.4, -0.2) is 11.8 Å². The normalized spacial score (nSPS) is 13.5. The summed E-state index contributed by atoms with van der Waals surface area (Å²) in [6.07, 6.45) is 1.36. The Hall–Kier alpha value is -1.15. The van der Waals surface area contributed by atoms with E-state index in [1.54, 1.807) is 0 Å². The number of nitrogens with two attached hydrogens (primary N) is 1. The Balaban J connectivity index is 2.76. The van der Waals surface area contributed by atoms with Crippen molar-refractivity contribution in [2.45, 2.75) is 46.6 Å². The Morgan fingerprint density at radius 3 is 2.53 bits per heavy atom. The van der Waals surface area contributed by atoms with Gasteiger partial charge in [-0.2, -0.15) is 0 Å². The molecular formula is C15H23NO. The number of rotatable bonds is 4. The van der Waals surface area contributed by atoms with Gasteiger partial charge < -0.3 is 5.73 Å².